The van der Waals surface area contributed by atoms with Gasteiger partial charge in [0.2, 0.25) is 0 Å². The zero-order valence-corrected chi connectivity index (χ0v) is 16.7. The number of rotatable bonds is 6. The van der Waals surface area contributed by atoms with Crippen molar-refractivity contribution in [2.24, 2.45) is 11.7 Å². The van der Waals surface area contributed by atoms with Crippen LogP contribution in [0.25, 0.3) is 21.6 Å². The molecule has 7 heteroatoms. The van der Waals surface area contributed by atoms with Gasteiger partial charge in [0.15, 0.2) is 5.65 Å². The minimum Gasteiger partial charge on any atom is -0.350 e. The maximum atomic E-state index is 12.9. The van der Waals surface area contributed by atoms with E-state index in [2.05, 4.69) is 43.3 Å². The number of carbonyl (C=O) groups is 1. The van der Waals surface area contributed by atoms with E-state index in [4.69, 9.17) is 10.7 Å². The average molecular weight is 384 g/mol. The minimum atomic E-state index is -0.115. The third-order valence-corrected chi connectivity index (χ3v) is 6.04. The molecule has 3 aromatic heterocycles. The van der Waals surface area contributed by atoms with Crippen LogP contribution in [0.3, 0.4) is 0 Å². The van der Waals surface area contributed by atoms with Crippen molar-refractivity contribution >= 4 is 28.3 Å². The Hall–Kier alpha value is -2.25. The Morgan fingerprint density at radius 3 is 2.81 bits per heavy atom. The van der Waals surface area contributed by atoms with Crippen LogP contribution in [-0.4, -0.2) is 33.3 Å². The van der Waals surface area contributed by atoms with Crippen molar-refractivity contribution in [1.82, 2.24) is 20.1 Å². The van der Waals surface area contributed by atoms with E-state index in [-0.39, 0.29) is 18.0 Å². The summed E-state index contributed by atoms with van der Waals surface area (Å²) >= 11 is 1.67. The smallest absolute Gasteiger partial charge is 0.252 e. The standard InChI is InChI=1S/C20H25N5OS/c1-11(2)25-19-15(9-23-25)14(20(26)22-10-16(21)13-5-6-13)8-17(24-19)18-7-4-12(3)27-18/h4,7-9,11,13,16H,5-6,10,21H2,1-3H3,(H,22,26). The van der Waals surface area contributed by atoms with Gasteiger partial charge in [0.25, 0.3) is 5.91 Å². The first-order valence-electron chi connectivity index (χ1n) is 9.43. The SMILES string of the molecule is Cc1ccc(-c2cc(C(=O)NCC(N)C3CC3)c3cnn(C(C)C)c3n2)s1. The first kappa shape index (κ1) is 18.1. The number of hydrogen-bond acceptors (Lipinski definition) is 5. The van der Waals surface area contributed by atoms with Crippen molar-refractivity contribution in [1.29, 1.82) is 0 Å². The molecule has 1 aliphatic rings. The van der Waals surface area contributed by atoms with E-state index < -0.39 is 0 Å². The highest BCUT2D eigenvalue weighted by Gasteiger charge is 2.29. The summed E-state index contributed by atoms with van der Waals surface area (Å²) in [5, 5.41) is 8.25. The maximum Gasteiger partial charge on any atom is 0.252 e. The Kier molecular flexibility index (Phi) is 4.74. The molecule has 1 unspecified atom stereocenters. The van der Waals surface area contributed by atoms with Crippen LogP contribution in [0.15, 0.2) is 24.4 Å². The van der Waals surface area contributed by atoms with Crippen LogP contribution in [0, 0.1) is 12.8 Å². The van der Waals surface area contributed by atoms with Gasteiger partial charge in [-0.15, -0.1) is 11.3 Å². The quantitative estimate of drug-likeness (QED) is 0.682. The normalized spacial score (nSPS) is 15.4. The molecular formula is C20H25N5OS. The number of nitrogens with two attached hydrogens (primary N) is 1. The molecule has 3 heterocycles. The number of nitrogens with one attached hydrogen (secondary N) is 1. The number of hydrogen-bond donors (Lipinski definition) is 2. The van der Waals surface area contributed by atoms with Crippen molar-refractivity contribution < 1.29 is 4.79 Å². The van der Waals surface area contributed by atoms with Crippen LogP contribution in [0.1, 0.15) is 48.0 Å². The number of thiophene rings is 1. The lowest BCUT2D eigenvalue weighted by molar-refractivity contribution is 0.0952. The van der Waals surface area contributed by atoms with Gasteiger partial charge in [0, 0.05) is 23.5 Å². The van der Waals surface area contributed by atoms with Gasteiger partial charge < -0.3 is 11.1 Å². The lowest BCUT2D eigenvalue weighted by Gasteiger charge is -2.13. The highest BCUT2D eigenvalue weighted by Crippen LogP contribution is 2.32. The van der Waals surface area contributed by atoms with Gasteiger partial charge in [-0.3, -0.25) is 4.79 Å². The minimum absolute atomic E-state index is 0.0316. The molecule has 1 atom stereocenters. The molecule has 0 spiro atoms. The molecule has 4 rings (SSSR count). The maximum absolute atomic E-state index is 12.9. The molecule has 6 nitrogen and oxygen atoms in total. The summed E-state index contributed by atoms with van der Waals surface area (Å²) in [6, 6.07) is 6.19. The van der Waals surface area contributed by atoms with Crippen molar-refractivity contribution in [3.8, 4) is 10.6 Å². The zero-order chi connectivity index (χ0) is 19.1. The summed E-state index contributed by atoms with van der Waals surface area (Å²) in [5.74, 6) is 0.437. The molecule has 1 amide bonds. The first-order chi connectivity index (χ1) is 12.9. The summed E-state index contributed by atoms with van der Waals surface area (Å²) in [5.41, 5.74) is 8.30. The molecule has 3 N–H and O–H groups in total. The number of aromatic nitrogens is 3. The lowest BCUT2D eigenvalue weighted by atomic mass is 10.1. The number of pyridine rings is 1. The molecule has 1 saturated carbocycles. The fraction of sp³-hybridized carbons (Fsp3) is 0.450. The summed E-state index contributed by atoms with van der Waals surface area (Å²) in [6.45, 7) is 6.69. The summed E-state index contributed by atoms with van der Waals surface area (Å²) in [4.78, 5) is 20.0. The van der Waals surface area contributed by atoms with Gasteiger partial charge in [0.05, 0.1) is 27.7 Å². The fourth-order valence-electron chi connectivity index (χ4n) is 3.28. The number of carbonyl (C=O) groups excluding carboxylic acids is 1. The Bertz CT molecular complexity index is 986. The summed E-state index contributed by atoms with van der Waals surface area (Å²) < 4.78 is 1.87. The fourth-order valence-corrected chi connectivity index (χ4v) is 4.11. The summed E-state index contributed by atoms with van der Waals surface area (Å²) in [6.07, 6.45) is 4.07. The van der Waals surface area contributed by atoms with Crippen molar-refractivity contribution in [3.63, 3.8) is 0 Å². The first-order valence-corrected chi connectivity index (χ1v) is 10.2. The van der Waals surface area contributed by atoms with Crippen LogP contribution < -0.4 is 11.1 Å². The van der Waals surface area contributed by atoms with E-state index in [1.807, 2.05) is 10.7 Å². The zero-order valence-electron chi connectivity index (χ0n) is 15.9. The van der Waals surface area contributed by atoms with Crippen molar-refractivity contribution in [3.05, 3.63) is 34.8 Å². The highest BCUT2D eigenvalue weighted by molar-refractivity contribution is 7.15. The van der Waals surface area contributed by atoms with E-state index >= 15 is 0 Å². The van der Waals surface area contributed by atoms with E-state index in [1.54, 1.807) is 17.5 Å². The molecule has 1 aliphatic carbocycles. The lowest BCUT2D eigenvalue weighted by Crippen LogP contribution is -2.38. The van der Waals surface area contributed by atoms with Crippen LogP contribution in [0.2, 0.25) is 0 Å². The number of aryl methyl sites for hydroxylation is 1. The summed E-state index contributed by atoms with van der Waals surface area (Å²) in [7, 11) is 0. The average Bonchev–Trinajstić information content (AvgIpc) is 3.26. The Labute approximate surface area is 162 Å². The molecule has 0 aromatic carbocycles. The third-order valence-electron chi connectivity index (χ3n) is 5.02. The molecule has 0 aliphatic heterocycles. The molecule has 1 fully saturated rings. The second kappa shape index (κ2) is 7.05. The molecule has 27 heavy (non-hydrogen) atoms. The number of fused-ring (bicyclic) bond motifs is 1. The van der Waals surface area contributed by atoms with E-state index in [9.17, 15) is 4.79 Å². The topological polar surface area (TPSA) is 85.8 Å². The Morgan fingerprint density at radius 2 is 2.19 bits per heavy atom. The Balaban J connectivity index is 1.74. The largest absolute Gasteiger partial charge is 0.350 e. The second-order valence-electron chi connectivity index (χ2n) is 7.60. The van der Waals surface area contributed by atoms with Crippen molar-refractivity contribution in [2.45, 2.75) is 45.7 Å². The molecule has 142 valence electrons. The van der Waals surface area contributed by atoms with Gasteiger partial charge in [-0.2, -0.15) is 5.10 Å². The number of amides is 1. The van der Waals surface area contributed by atoms with E-state index in [0.717, 1.165) is 21.6 Å². The molecular weight excluding hydrogens is 358 g/mol. The van der Waals surface area contributed by atoms with E-state index in [1.165, 1.54) is 17.7 Å². The van der Waals surface area contributed by atoms with E-state index in [0.29, 0.717) is 18.0 Å². The highest BCUT2D eigenvalue weighted by atomic mass is 32.1. The van der Waals surface area contributed by atoms with Gasteiger partial charge in [-0.1, -0.05) is 0 Å². The third kappa shape index (κ3) is 3.61. The van der Waals surface area contributed by atoms with Gasteiger partial charge in [-0.25, -0.2) is 9.67 Å². The van der Waals surface area contributed by atoms with Gasteiger partial charge in [0.1, 0.15) is 0 Å². The molecule has 0 radical (unpaired) electrons. The van der Waals surface area contributed by atoms with Gasteiger partial charge >= 0.3 is 0 Å². The monoisotopic (exact) mass is 383 g/mol. The predicted octanol–water partition coefficient (Wildman–Crippen LogP) is 3.52. The van der Waals surface area contributed by atoms with Crippen molar-refractivity contribution in [2.75, 3.05) is 6.54 Å². The van der Waals surface area contributed by atoms with Crippen LogP contribution in [0.5, 0.6) is 0 Å². The van der Waals surface area contributed by atoms with Crippen LogP contribution >= 0.6 is 11.3 Å². The predicted molar refractivity (Wildman–Crippen MR) is 109 cm³/mol. The second-order valence-corrected chi connectivity index (χ2v) is 8.88. The molecule has 3 aromatic rings. The molecule has 0 bridgehead atoms. The van der Waals surface area contributed by atoms with Crippen LogP contribution in [0.4, 0.5) is 0 Å². The van der Waals surface area contributed by atoms with Gasteiger partial charge in [-0.05, 0) is 57.7 Å². The van der Waals surface area contributed by atoms with Crippen LogP contribution in [-0.2, 0) is 0 Å². The Morgan fingerprint density at radius 1 is 1.41 bits per heavy atom. The molecule has 0 saturated heterocycles. The number of nitrogens with zero attached hydrogens (tertiary/aromatic N) is 3.